The smallest absolute Gasteiger partial charge is 0.155 e. The highest BCUT2D eigenvalue weighted by atomic mass is 32.2. The summed E-state index contributed by atoms with van der Waals surface area (Å²) < 4.78 is 18.7. The SMILES string of the molecule is C#CCCC(C)S(=O)O. The molecule has 0 fully saturated rings. The molecule has 1 N–H and O–H groups in total. The Bertz CT molecular complexity index is 136. The average Bonchev–Trinajstić information content (AvgIpc) is 1.82. The van der Waals surface area contributed by atoms with E-state index in [0.29, 0.717) is 12.8 Å². The number of terminal acetylenes is 1. The second-order valence-electron chi connectivity index (χ2n) is 1.83. The molecule has 0 aliphatic heterocycles. The summed E-state index contributed by atoms with van der Waals surface area (Å²) in [7, 11) is 0. The molecule has 0 bridgehead atoms. The van der Waals surface area contributed by atoms with Gasteiger partial charge >= 0.3 is 0 Å². The molecule has 0 aromatic carbocycles. The molecule has 0 amide bonds. The minimum absolute atomic E-state index is 0.193. The zero-order chi connectivity index (χ0) is 7.28. The highest BCUT2D eigenvalue weighted by Gasteiger charge is 2.05. The fourth-order valence-corrected chi connectivity index (χ4v) is 0.707. The Kier molecular flexibility index (Phi) is 4.37. The lowest BCUT2D eigenvalue weighted by atomic mass is 10.3. The van der Waals surface area contributed by atoms with Gasteiger partial charge in [0, 0.05) is 6.42 Å². The van der Waals surface area contributed by atoms with Gasteiger partial charge in [-0.3, -0.25) is 0 Å². The summed E-state index contributed by atoms with van der Waals surface area (Å²) in [5.74, 6) is 2.41. The molecule has 0 aromatic rings. The van der Waals surface area contributed by atoms with E-state index in [1.165, 1.54) is 0 Å². The van der Waals surface area contributed by atoms with Crippen molar-refractivity contribution in [1.82, 2.24) is 0 Å². The van der Waals surface area contributed by atoms with E-state index >= 15 is 0 Å². The molecule has 0 rings (SSSR count). The predicted octanol–water partition coefficient (Wildman–Crippen LogP) is 1.01. The Balaban J connectivity index is 3.41. The minimum atomic E-state index is -1.71. The summed E-state index contributed by atoms with van der Waals surface area (Å²) in [6, 6.07) is 0. The Morgan fingerprint density at radius 2 is 2.44 bits per heavy atom. The Morgan fingerprint density at radius 3 is 2.78 bits per heavy atom. The van der Waals surface area contributed by atoms with Crippen molar-refractivity contribution in [3.8, 4) is 12.3 Å². The van der Waals surface area contributed by atoms with Crippen LogP contribution in [-0.4, -0.2) is 14.0 Å². The monoisotopic (exact) mass is 146 g/mol. The molecule has 0 heterocycles. The summed E-state index contributed by atoms with van der Waals surface area (Å²) in [6.45, 7) is 1.70. The highest BCUT2D eigenvalue weighted by Crippen LogP contribution is 2.00. The average molecular weight is 146 g/mol. The van der Waals surface area contributed by atoms with Crippen LogP contribution in [0, 0.1) is 12.3 Å². The first-order chi connectivity index (χ1) is 4.18. The van der Waals surface area contributed by atoms with Gasteiger partial charge in [-0.1, -0.05) is 0 Å². The fourth-order valence-electron chi connectivity index (χ4n) is 0.387. The van der Waals surface area contributed by atoms with Crippen LogP contribution in [0.2, 0.25) is 0 Å². The molecule has 2 atom stereocenters. The first-order valence-corrected chi connectivity index (χ1v) is 3.88. The van der Waals surface area contributed by atoms with E-state index in [1.807, 2.05) is 0 Å². The van der Waals surface area contributed by atoms with Crippen LogP contribution in [0.3, 0.4) is 0 Å². The van der Waals surface area contributed by atoms with Crippen LogP contribution in [0.5, 0.6) is 0 Å². The minimum Gasteiger partial charge on any atom is -0.306 e. The maximum Gasteiger partial charge on any atom is 0.155 e. The first kappa shape index (κ1) is 8.67. The molecule has 52 valence electrons. The van der Waals surface area contributed by atoms with Gasteiger partial charge in [-0.05, 0) is 13.3 Å². The van der Waals surface area contributed by atoms with Gasteiger partial charge < -0.3 is 4.55 Å². The van der Waals surface area contributed by atoms with Gasteiger partial charge in [0.05, 0.1) is 5.25 Å². The van der Waals surface area contributed by atoms with Gasteiger partial charge in [0.2, 0.25) is 0 Å². The van der Waals surface area contributed by atoms with Crippen LogP contribution in [0.25, 0.3) is 0 Å². The third-order valence-corrected chi connectivity index (χ3v) is 1.96. The zero-order valence-electron chi connectivity index (χ0n) is 5.33. The molecule has 0 saturated heterocycles. The quantitative estimate of drug-likeness (QED) is 0.476. The highest BCUT2D eigenvalue weighted by molar-refractivity contribution is 7.79. The van der Waals surface area contributed by atoms with Crippen LogP contribution in [0.1, 0.15) is 19.8 Å². The summed E-state index contributed by atoms with van der Waals surface area (Å²) in [4.78, 5) is 0. The molecule has 2 nitrogen and oxygen atoms in total. The molecule has 0 spiro atoms. The number of hydrogen-bond acceptors (Lipinski definition) is 1. The standard InChI is InChI=1S/C6H10O2S/c1-3-4-5-6(2)9(7)8/h1,6H,4-5H2,2H3,(H,7,8). The van der Waals surface area contributed by atoms with Crippen molar-refractivity contribution in [3.63, 3.8) is 0 Å². The second kappa shape index (κ2) is 4.54. The number of rotatable bonds is 3. The summed E-state index contributed by atoms with van der Waals surface area (Å²) in [6.07, 6.45) is 6.15. The maximum absolute atomic E-state index is 10.2. The third kappa shape index (κ3) is 4.19. The molecular weight excluding hydrogens is 136 g/mol. The molecule has 0 aliphatic rings. The molecule has 0 aromatic heterocycles. The predicted molar refractivity (Wildman–Crippen MR) is 38.3 cm³/mol. The van der Waals surface area contributed by atoms with Crippen LogP contribution >= 0.6 is 0 Å². The van der Waals surface area contributed by atoms with E-state index in [4.69, 9.17) is 11.0 Å². The Morgan fingerprint density at radius 1 is 1.89 bits per heavy atom. The van der Waals surface area contributed by atoms with Crippen molar-refractivity contribution in [2.24, 2.45) is 0 Å². The molecule has 2 unspecified atom stereocenters. The zero-order valence-corrected chi connectivity index (χ0v) is 6.15. The largest absolute Gasteiger partial charge is 0.306 e. The third-order valence-electron chi connectivity index (χ3n) is 1.04. The summed E-state index contributed by atoms with van der Waals surface area (Å²) in [5, 5.41) is -0.193. The van der Waals surface area contributed by atoms with Crippen molar-refractivity contribution >= 4 is 11.1 Å². The van der Waals surface area contributed by atoms with E-state index in [2.05, 4.69) is 5.92 Å². The number of hydrogen-bond donors (Lipinski definition) is 1. The van der Waals surface area contributed by atoms with Crippen molar-refractivity contribution in [1.29, 1.82) is 0 Å². The van der Waals surface area contributed by atoms with Crippen molar-refractivity contribution in [2.75, 3.05) is 0 Å². The normalized spacial score (nSPS) is 16.1. The molecular formula is C6H10O2S. The van der Waals surface area contributed by atoms with Crippen molar-refractivity contribution in [3.05, 3.63) is 0 Å². The molecule has 0 saturated carbocycles. The lowest BCUT2D eigenvalue weighted by Crippen LogP contribution is -2.08. The van der Waals surface area contributed by atoms with E-state index < -0.39 is 11.1 Å². The van der Waals surface area contributed by atoms with Crippen LogP contribution in [-0.2, 0) is 11.1 Å². The van der Waals surface area contributed by atoms with Crippen LogP contribution in [0.15, 0.2) is 0 Å². The molecule has 9 heavy (non-hydrogen) atoms. The lowest BCUT2D eigenvalue weighted by Gasteiger charge is -2.00. The fraction of sp³-hybridized carbons (Fsp3) is 0.667. The van der Waals surface area contributed by atoms with Crippen LogP contribution in [0.4, 0.5) is 0 Å². The first-order valence-electron chi connectivity index (χ1n) is 2.71. The van der Waals surface area contributed by atoms with Gasteiger partial charge in [-0.15, -0.1) is 12.3 Å². The molecule has 0 radical (unpaired) electrons. The molecule has 3 heteroatoms. The van der Waals surface area contributed by atoms with Crippen molar-refractivity contribution < 1.29 is 8.76 Å². The summed E-state index contributed by atoms with van der Waals surface area (Å²) in [5.41, 5.74) is 0. The van der Waals surface area contributed by atoms with Gasteiger partial charge in [0.25, 0.3) is 0 Å². The van der Waals surface area contributed by atoms with Crippen molar-refractivity contribution in [2.45, 2.75) is 25.0 Å². The molecule has 0 aliphatic carbocycles. The van der Waals surface area contributed by atoms with Gasteiger partial charge in [0.1, 0.15) is 0 Å². The Hall–Kier alpha value is -0.330. The van der Waals surface area contributed by atoms with E-state index in [1.54, 1.807) is 6.92 Å². The lowest BCUT2D eigenvalue weighted by molar-refractivity contribution is 0.547. The van der Waals surface area contributed by atoms with E-state index in [9.17, 15) is 4.21 Å². The maximum atomic E-state index is 10.2. The van der Waals surface area contributed by atoms with Crippen LogP contribution < -0.4 is 0 Å². The van der Waals surface area contributed by atoms with E-state index in [0.717, 1.165) is 0 Å². The Labute approximate surface area is 57.9 Å². The van der Waals surface area contributed by atoms with Gasteiger partial charge in [0.15, 0.2) is 11.1 Å². The van der Waals surface area contributed by atoms with Gasteiger partial charge in [-0.25, -0.2) is 4.21 Å². The van der Waals surface area contributed by atoms with E-state index in [-0.39, 0.29) is 5.25 Å². The second-order valence-corrected chi connectivity index (χ2v) is 3.19. The van der Waals surface area contributed by atoms with Gasteiger partial charge in [-0.2, -0.15) is 0 Å². The topological polar surface area (TPSA) is 37.3 Å². The summed E-state index contributed by atoms with van der Waals surface area (Å²) >= 11 is -1.71.